The van der Waals surface area contributed by atoms with Crippen LogP contribution in [-0.2, 0) is 4.74 Å². The van der Waals surface area contributed by atoms with E-state index in [0.717, 1.165) is 13.2 Å². The first-order valence-corrected chi connectivity index (χ1v) is 7.34. The van der Waals surface area contributed by atoms with Crippen LogP contribution in [0.15, 0.2) is 12.4 Å². The van der Waals surface area contributed by atoms with E-state index in [1.165, 1.54) is 25.7 Å². The third-order valence-corrected chi connectivity index (χ3v) is 4.49. The molecular formula is C14H24N4O. The lowest BCUT2D eigenvalue weighted by molar-refractivity contribution is 0.167. The highest BCUT2D eigenvalue weighted by Gasteiger charge is 2.35. The molecule has 0 bridgehead atoms. The zero-order valence-electron chi connectivity index (χ0n) is 11.9. The third-order valence-electron chi connectivity index (χ3n) is 4.49. The minimum absolute atomic E-state index is 0.285. The highest BCUT2D eigenvalue weighted by molar-refractivity contribution is 4.91. The lowest BCUT2D eigenvalue weighted by atomic mass is 9.75. The average molecular weight is 264 g/mol. The highest BCUT2D eigenvalue weighted by Crippen LogP contribution is 2.35. The van der Waals surface area contributed by atoms with Crippen LogP contribution >= 0.6 is 0 Å². The molecule has 0 aromatic carbocycles. The maximum absolute atomic E-state index is 5.64. The third kappa shape index (κ3) is 2.98. The van der Waals surface area contributed by atoms with E-state index in [1.807, 2.05) is 10.9 Å². The van der Waals surface area contributed by atoms with Gasteiger partial charge in [0, 0.05) is 12.2 Å². The van der Waals surface area contributed by atoms with Crippen molar-refractivity contribution >= 4 is 0 Å². The van der Waals surface area contributed by atoms with E-state index in [2.05, 4.69) is 29.5 Å². The number of hydrogen-bond acceptors (Lipinski definition) is 4. The predicted octanol–water partition coefficient (Wildman–Crippen LogP) is 1.78. The Morgan fingerprint density at radius 1 is 1.37 bits per heavy atom. The van der Waals surface area contributed by atoms with Gasteiger partial charge in [-0.25, -0.2) is 4.68 Å². The van der Waals surface area contributed by atoms with Gasteiger partial charge >= 0.3 is 0 Å². The predicted molar refractivity (Wildman–Crippen MR) is 72.8 cm³/mol. The first-order valence-electron chi connectivity index (χ1n) is 7.34. The second-order valence-corrected chi connectivity index (χ2v) is 6.72. The number of hydrogen-bond donors (Lipinski definition) is 1. The number of aromatic nitrogens is 3. The minimum atomic E-state index is 0.285. The summed E-state index contributed by atoms with van der Waals surface area (Å²) in [6.45, 7) is 6.26. The summed E-state index contributed by atoms with van der Waals surface area (Å²) in [5.41, 5.74) is 0.470. The van der Waals surface area contributed by atoms with E-state index in [1.54, 1.807) is 6.20 Å². The van der Waals surface area contributed by atoms with Gasteiger partial charge in [-0.3, -0.25) is 0 Å². The molecule has 0 radical (unpaired) electrons. The maximum Gasteiger partial charge on any atom is 0.0945 e. The van der Waals surface area contributed by atoms with Crippen molar-refractivity contribution in [2.24, 2.45) is 5.41 Å². The largest absolute Gasteiger partial charge is 0.377 e. The summed E-state index contributed by atoms with van der Waals surface area (Å²) >= 11 is 0. The van der Waals surface area contributed by atoms with Crippen LogP contribution < -0.4 is 5.32 Å². The lowest BCUT2D eigenvalue weighted by Gasteiger charge is -2.37. The van der Waals surface area contributed by atoms with E-state index in [-0.39, 0.29) is 6.04 Å². The fourth-order valence-electron chi connectivity index (χ4n) is 3.50. The molecule has 19 heavy (non-hydrogen) atoms. The van der Waals surface area contributed by atoms with E-state index in [4.69, 9.17) is 4.74 Å². The summed E-state index contributed by atoms with van der Waals surface area (Å²) in [4.78, 5) is 0. The van der Waals surface area contributed by atoms with Crippen molar-refractivity contribution in [3.8, 4) is 0 Å². The van der Waals surface area contributed by atoms with Gasteiger partial charge in [0.25, 0.3) is 0 Å². The molecule has 5 nitrogen and oxygen atoms in total. The fourth-order valence-corrected chi connectivity index (χ4v) is 3.50. The Morgan fingerprint density at radius 3 is 3.00 bits per heavy atom. The minimum Gasteiger partial charge on any atom is -0.377 e. The molecule has 0 amide bonds. The van der Waals surface area contributed by atoms with Crippen LogP contribution in [0.1, 0.15) is 45.6 Å². The number of ether oxygens (including phenoxy) is 1. The SMILES string of the molecule is CC1(C)CCC[C@@H](N[C@H]2COC[C@H]2n2ccnn2)C1. The maximum atomic E-state index is 5.64. The standard InChI is InChI=1S/C14H24N4O/c1-14(2)5-3-4-11(8-14)16-12-9-19-10-13(12)18-7-6-15-17-18/h6-7,11-13,16H,3-5,8-10H2,1-2H3/t11-,12+,13-/m1/s1. The smallest absolute Gasteiger partial charge is 0.0945 e. The Labute approximate surface area is 114 Å². The van der Waals surface area contributed by atoms with Crippen molar-refractivity contribution in [1.82, 2.24) is 20.3 Å². The molecule has 0 spiro atoms. The summed E-state index contributed by atoms with van der Waals surface area (Å²) in [6.07, 6.45) is 8.88. The number of nitrogens with zero attached hydrogens (tertiary/aromatic N) is 3. The fraction of sp³-hybridized carbons (Fsp3) is 0.857. The summed E-state index contributed by atoms with van der Waals surface area (Å²) in [5.74, 6) is 0. The van der Waals surface area contributed by atoms with Gasteiger partial charge in [-0.2, -0.15) is 0 Å². The first-order chi connectivity index (χ1) is 9.14. The van der Waals surface area contributed by atoms with E-state index < -0.39 is 0 Å². The lowest BCUT2D eigenvalue weighted by Crippen LogP contribution is -2.46. The van der Waals surface area contributed by atoms with Crippen LogP contribution in [0.5, 0.6) is 0 Å². The zero-order chi connectivity index (χ0) is 13.3. The summed E-state index contributed by atoms with van der Waals surface area (Å²) in [7, 11) is 0. The molecule has 5 heteroatoms. The molecule has 1 aliphatic carbocycles. The van der Waals surface area contributed by atoms with Gasteiger partial charge in [-0.15, -0.1) is 5.10 Å². The van der Waals surface area contributed by atoms with Gasteiger partial charge < -0.3 is 10.1 Å². The van der Waals surface area contributed by atoms with Gasteiger partial charge in [-0.05, 0) is 24.7 Å². The number of rotatable bonds is 3. The van der Waals surface area contributed by atoms with Crippen LogP contribution in [0.25, 0.3) is 0 Å². The second-order valence-electron chi connectivity index (χ2n) is 6.72. The molecule has 1 aliphatic heterocycles. The van der Waals surface area contributed by atoms with Crippen LogP contribution in [0.2, 0.25) is 0 Å². The molecule has 2 fully saturated rings. The quantitative estimate of drug-likeness (QED) is 0.904. The van der Waals surface area contributed by atoms with Crippen molar-refractivity contribution in [3.05, 3.63) is 12.4 Å². The Hall–Kier alpha value is -0.940. The molecule has 2 heterocycles. The molecule has 3 rings (SSSR count). The van der Waals surface area contributed by atoms with Crippen molar-refractivity contribution < 1.29 is 4.74 Å². The topological polar surface area (TPSA) is 52.0 Å². The van der Waals surface area contributed by atoms with Crippen molar-refractivity contribution in [1.29, 1.82) is 0 Å². The normalized spacial score (nSPS) is 34.5. The van der Waals surface area contributed by atoms with Crippen LogP contribution in [0.3, 0.4) is 0 Å². The van der Waals surface area contributed by atoms with Crippen LogP contribution in [0, 0.1) is 5.41 Å². The van der Waals surface area contributed by atoms with Gasteiger partial charge in [-0.1, -0.05) is 25.5 Å². The Balaban J connectivity index is 1.62. The van der Waals surface area contributed by atoms with E-state index >= 15 is 0 Å². The van der Waals surface area contributed by atoms with Crippen molar-refractivity contribution in [2.45, 2.75) is 57.7 Å². The van der Waals surface area contributed by atoms with Crippen molar-refractivity contribution in [3.63, 3.8) is 0 Å². The molecule has 1 N–H and O–H groups in total. The molecule has 1 saturated carbocycles. The number of nitrogens with one attached hydrogen (secondary N) is 1. The Bertz CT molecular complexity index is 404. The molecular weight excluding hydrogens is 240 g/mol. The molecule has 1 saturated heterocycles. The van der Waals surface area contributed by atoms with Crippen LogP contribution in [-0.4, -0.2) is 40.3 Å². The molecule has 106 valence electrons. The van der Waals surface area contributed by atoms with Gasteiger partial charge in [0.05, 0.1) is 31.5 Å². The highest BCUT2D eigenvalue weighted by atomic mass is 16.5. The monoisotopic (exact) mass is 264 g/mol. The second kappa shape index (κ2) is 5.21. The first kappa shape index (κ1) is 13.1. The Morgan fingerprint density at radius 2 is 2.26 bits per heavy atom. The molecule has 2 aliphatic rings. The molecule has 3 atom stereocenters. The Kier molecular flexibility index (Phi) is 3.58. The van der Waals surface area contributed by atoms with E-state index in [0.29, 0.717) is 17.5 Å². The van der Waals surface area contributed by atoms with E-state index in [9.17, 15) is 0 Å². The zero-order valence-corrected chi connectivity index (χ0v) is 11.9. The van der Waals surface area contributed by atoms with Crippen LogP contribution in [0.4, 0.5) is 0 Å². The van der Waals surface area contributed by atoms with Gasteiger partial charge in [0.15, 0.2) is 0 Å². The summed E-state index contributed by atoms with van der Waals surface area (Å²) in [6, 6.07) is 1.26. The average Bonchev–Trinajstić information content (AvgIpc) is 2.96. The molecule has 1 aromatic heterocycles. The molecule has 0 unspecified atom stereocenters. The summed E-state index contributed by atoms with van der Waals surface area (Å²) in [5, 5.41) is 11.8. The summed E-state index contributed by atoms with van der Waals surface area (Å²) < 4.78 is 7.57. The van der Waals surface area contributed by atoms with Crippen molar-refractivity contribution in [2.75, 3.05) is 13.2 Å². The van der Waals surface area contributed by atoms with Gasteiger partial charge in [0.1, 0.15) is 0 Å². The van der Waals surface area contributed by atoms with Gasteiger partial charge in [0.2, 0.25) is 0 Å². The molecule has 1 aromatic rings.